The number of hydrogen-bond acceptors (Lipinski definition) is 2. The lowest BCUT2D eigenvalue weighted by molar-refractivity contribution is 0.565. The fourth-order valence-electron chi connectivity index (χ4n) is 2.06. The van der Waals surface area contributed by atoms with Crippen molar-refractivity contribution in [2.24, 2.45) is 4.99 Å². The second kappa shape index (κ2) is 2.91. The zero-order chi connectivity index (χ0) is 10.3. The topological polar surface area (TPSA) is 29.4 Å². The Bertz CT molecular complexity index is 595. The Kier molecular flexibility index (Phi) is 1.58. The van der Waals surface area contributed by atoms with Crippen LogP contribution in [0.4, 0.5) is 5.69 Å². The van der Waals surface area contributed by atoms with Crippen molar-refractivity contribution < 1.29 is 4.79 Å². The van der Waals surface area contributed by atoms with E-state index >= 15 is 0 Å². The van der Waals surface area contributed by atoms with Gasteiger partial charge in [0.25, 0.3) is 0 Å². The predicted molar refractivity (Wildman–Crippen MR) is 58.7 cm³/mol. The number of fused-ring (bicyclic) bond motifs is 4. The van der Waals surface area contributed by atoms with Crippen molar-refractivity contribution >= 4 is 11.8 Å². The molecule has 2 nitrogen and oxygen atoms in total. The Balaban J connectivity index is 2.29. The monoisotopic (exact) mass is 193 g/mol. The first kappa shape index (κ1) is 8.16. The lowest BCUT2D eigenvalue weighted by atomic mass is 9.80. The summed E-state index contributed by atoms with van der Waals surface area (Å²) in [5, 5.41) is 0. The molecule has 0 amide bonds. The summed E-state index contributed by atoms with van der Waals surface area (Å²) in [6, 6.07) is 13.9. The van der Waals surface area contributed by atoms with Gasteiger partial charge in [0.2, 0.25) is 6.08 Å². The van der Waals surface area contributed by atoms with Gasteiger partial charge in [-0.2, -0.15) is 4.99 Å². The van der Waals surface area contributed by atoms with Crippen LogP contribution in [0.15, 0.2) is 47.5 Å². The molecule has 2 aromatic rings. The van der Waals surface area contributed by atoms with Crippen molar-refractivity contribution in [1.82, 2.24) is 0 Å². The molecule has 1 aliphatic rings. The quantitative estimate of drug-likeness (QED) is 0.430. The maximum absolute atomic E-state index is 10.3. The number of nitrogens with zero attached hydrogens (tertiary/aromatic N) is 1. The van der Waals surface area contributed by atoms with Gasteiger partial charge in [-0.3, -0.25) is 0 Å². The van der Waals surface area contributed by atoms with E-state index in [0.717, 1.165) is 5.56 Å². The van der Waals surface area contributed by atoms with Gasteiger partial charge in [-0.05, 0) is 22.8 Å². The van der Waals surface area contributed by atoms with Crippen molar-refractivity contribution in [3.8, 4) is 22.3 Å². The lowest BCUT2D eigenvalue weighted by Gasteiger charge is -2.24. The molecular formula is C13H7NO. The molecule has 0 spiro atoms. The van der Waals surface area contributed by atoms with Crippen LogP contribution in [0, 0.1) is 0 Å². The molecule has 0 radical (unpaired) electrons. The summed E-state index contributed by atoms with van der Waals surface area (Å²) in [5.74, 6) is 0. The molecule has 0 saturated carbocycles. The highest BCUT2D eigenvalue weighted by Gasteiger charge is 2.23. The van der Waals surface area contributed by atoms with E-state index in [9.17, 15) is 4.79 Å². The first-order valence-corrected chi connectivity index (χ1v) is 4.72. The van der Waals surface area contributed by atoms with Crippen molar-refractivity contribution in [3.63, 3.8) is 0 Å². The molecule has 70 valence electrons. The summed E-state index contributed by atoms with van der Waals surface area (Å²) in [6.07, 6.45) is 1.59. The van der Waals surface area contributed by atoms with Crippen molar-refractivity contribution in [2.45, 2.75) is 0 Å². The van der Waals surface area contributed by atoms with Gasteiger partial charge in [-0.1, -0.05) is 36.4 Å². The normalized spacial score (nSPS) is 10.7. The Hall–Kier alpha value is -2.18. The summed E-state index contributed by atoms with van der Waals surface area (Å²) in [4.78, 5) is 14.0. The Morgan fingerprint density at radius 2 is 1.60 bits per heavy atom. The third-order valence-corrected chi connectivity index (χ3v) is 2.70. The molecule has 3 rings (SSSR count). The molecule has 0 N–H and O–H groups in total. The van der Waals surface area contributed by atoms with E-state index in [2.05, 4.69) is 11.1 Å². The van der Waals surface area contributed by atoms with Gasteiger partial charge in [-0.15, -0.1) is 0 Å². The van der Waals surface area contributed by atoms with Gasteiger partial charge in [-0.25, -0.2) is 4.79 Å². The molecule has 0 saturated heterocycles. The molecule has 0 heterocycles. The second-order valence-corrected chi connectivity index (χ2v) is 3.45. The summed E-state index contributed by atoms with van der Waals surface area (Å²) in [6.45, 7) is 0. The van der Waals surface area contributed by atoms with Crippen LogP contribution in [0.25, 0.3) is 22.3 Å². The standard InChI is InChI=1S/C13H7NO/c15-8-14-12-7-3-6-11-9-4-1-2-5-10(9)13(11)12/h1-7H. The predicted octanol–water partition coefficient (Wildman–Crippen LogP) is 3.30. The first-order chi connectivity index (χ1) is 7.42. The van der Waals surface area contributed by atoms with E-state index in [1.54, 1.807) is 6.08 Å². The molecule has 0 fully saturated rings. The molecule has 0 atom stereocenters. The SMILES string of the molecule is O=C=Nc1cccc2c1-c1ccccc1-2. The maximum atomic E-state index is 10.3. The number of carbonyl (C=O) groups excluding carboxylic acids is 1. The highest BCUT2D eigenvalue weighted by atomic mass is 16.1. The molecule has 0 unspecified atom stereocenters. The minimum absolute atomic E-state index is 0.709. The van der Waals surface area contributed by atoms with E-state index < -0.39 is 0 Å². The zero-order valence-electron chi connectivity index (χ0n) is 7.90. The van der Waals surface area contributed by atoms with E-state index in [1.807, 2.05) is 36.4 Å². The summed E-state index contributed by atoms with van der Waals surface area (Å²) in [7, 11) is 0. The number of hydrogen-bond donors (Lipinski definition) is 0. The average Bonchev–Trinajstić information content (AvgIpc) is 2.26. The molecular weight excluding hydrogens is 186 g/mol. The molecule has 0 aromatic heterocycles. The van der Waals surface area contributed by atoms with Crippen molar-refractivity contribution in [1.29, 1.82) is 0 Å². The molecule has 1 aliphatic carbocycles. The van der Waals surface area contributed by atoms with Crippen LogP contribution in [0.2, 0.25) is 0 Å². The highest BCUT2D eigenvalue weighted by Crippen LogP contribution is 2.51. The van der Waals surface area contributed by atoms with E-state index in [1.165, 1.54) is 16.7 Å². The minimum Gasteiger partial charge on any atom is -0.211 e. The van der Waals surface area contributed by atoms with Crippen LogP contribution in [0.1, 0.15) is 0 Å². The van der Waals surface area contributed by atoms with Crippen molar-refractivity contribution in [3.05, 3.63) is 42.5 Å². The molecule has 0 aliphatic heterocycles. The third kappa shape index (κ3) is 0.997. The van der Waals surface area contributed by atoms with Gasteiger partial charge >= 0.3 is 0 Å². The van der Waals surface area contributed by atoms with Gasteiger partial charge < -0.3 is 0 Å². The fraction of sp³-hybridized carbons (Fsp3) is 0. The Morgan fingerprint density at radius 1 is 0.867 bits per heavy atom. The van der Waals surface area contributed by atoms with E-state index in [0.29, 0.717) is 5.69 Å². The van der Waals surface area contributed by atoms with Gasteiger partial charge in [0.15, 0.2) is 0 Å². The first-order valence-electron chi connectivity index (χ1n) is 4.72. The van der Waals surface area contributed by atoms with Crippen LogP contribution < -0.4 is 0 Å². The number of rotatable bonds is 1. The summed E-state index contributed by atoms with van der Waals surface area (Å²) < 4.78 is 0. The van der Waals surface area contributed by atoms with Crippen LogP contribution in [0.3, 0.4) is 0 Å². The van der Waals surface area contributed by atoms with Crippen LogP contribution in [-0.2, 0) is 4.79 Å². The lowest BCUT2D eigenvalue weighted by Crippen LogP contribution is -1.97. The van der Waals surface area contributed by atoms with Gasteiger partial charge in [0, 0.05) is 5.56 Å². The van der Waals surface area contributed by atoms with Crippen molar-refractivity contribution in [2.75, 3.05) is 0 Å². The number of isocyanates is 1. The average molecular weight is 193 g/mol. The Morgan fingerprint density at radius 3 is 2.40 bits per heavy atom. The van der Waals surface area contributed by atoms with Gasteiger partial charge in [0.05, 0.1) is 5.69 Å². The van der Waals surface area contributed by atoms with E-state index in [-0.39, 0.29) is 0 Å². The van der Waals surface area contributed by atoms with Crippen LogP contribution >= 0.6 is 0 Å². The summed E-state index contributed by atoms with van der Waals surface area (Å²) in [5.41, 5.74) is 5.34. The highest BCUT2D eigenvalue weighted by molar-refractivity contribution is 6.07. The smallest absolute Gasteiger partial charge is 0.211 e. The second-order valence-electron chi connectivity index (χ2n) is 3.45. The molecule has 0 bridgehead atoms. The minimum atomic E-state index is 0.709. The van der Waals surface area contributed by atoms with Crippen LogP contribution in [0.5, 0.6) is 0 Å². The summed E-state index contributed by atoms with van der Waals surface area (Å²) >= 11 is 0. The molecule has 15 heavy (non-hydrogen) atoms. The largest absolute Gasteiger partial charge is 0.240 e. The number of benzene rings is 2. The zero-order valence-corrected chi connectivity index (χ0v) is 7.90. The maximum Gasteiger partial charge on any atom is 0.240 e. The van der Waals surface area contributed by atoms with Gasteiger partial charge in [0.1, 0.15) is 0 Å². The van der Waals surface area contributed by atoms with Crippen LogP contribution in [-0.4, -0.2) is 6.08 Å². The molecule has 2 aromatic carbocycles. The molecule has 2 heteroatoms. The number of aliphatic imine (C=N–C) groups is 1. The third-order valence-electron chi connectivity index (χ3n) is 2.70. The Labute approximate surface area is 86.9 Å². The van der Waals surface area contributed by atoms with E-state index in [4.69, 9.17) is 0 Å². The fourth-order valence-corrected chi connectivity index (χ4v) is 2.06.